The Kier molecular flexibility index (Phi) is 2.87. The van der Waals surface area contributed by atoms with Gasteiger partial charge in [0.25, 0.3) is 0 Å². The molecule has 11 heavy (non-hydrogen) atoms. The lowest BCUT2D eigenvalue weighted by Crippen LogP contribution is -2.24. The van der Waals surface area contributed by atoms with E-state index in [2.05, 4.69) is 5.09 Å². The molecule has 0 aliphatic rings. The molecule has 0 aliphatic carbocycles. The Morgan fingerprint density at radius 2 is 2.00 bits per heavy atom. The van der Waals surface area contributed by atoms with Crippen molar-refractivity contribution in [3.63, 3.8) is 0 Å². The highest BCUT2D eigenvalue weighted by Gasteiger charge is 1.89. The van der Waals surface area contributed by atoms with E-state index in [1.54, 1.807) is 0 Å². The van der Waals surface area contributed by atoms with Crippen molar-refractivity contribution in [3.8, 4) is 0 Å². The van der Waals surface area contributed by atoms with E-state index in [0.717, 1.165) is 5.30 Å². The summed E-state index contributed by atoms with van der Waals surface area (Å²) in [6.07, 6.45) is 0. The third-order valence-electron chi connectivity index (χ3n) is 1.12. The average Bonchev–Trinajstić information content (AvgIpc) is 2.03. The minimum Gasteiger partial charge on any atom is -0.370 e. The summed E-state index contributed by atoms with van der Waals surface area (Å²) in [5, 5.41) is 10.8. The molecule has 1 aromatic rings. The van der Waals surface area contributed by atoms with Gasteiger partial charge in [0.05, 0.1) is 0 Å². The van der Waals surface area contributed by atoms with Crippen molar-refractivity contribution in [2.75, 3.05) is 0 Å². The number of rotatable bonds is 2. The Bertz CT molecular complexity index is 235. The summed E-state index contributed by atoms with van der Waals surface area (Å²) in [6, 6.07) is 9.87. The van der Waals surface area contributed by atoms with E-state index >= 15 is 0 Å². The Labute approximate surface area is 67.3 Å². The summed E-state index contributed by atoms with van der Waals surface area (Å²) in [5.74, 6) is 0.0205. The molecule has 0 bridgehead atoms. The van der Waals surface area contributed by atoms with Crippen LogP contribution in [0.5, 0.6) is 0 Å². The van der Waals surface area contributed by atoms with E-state index in [0.29, 0.717) is 8.73 Å². The Morgan fingerprint density at radius 3 is 2.55 bits per heavy atom. The molecule has 58 valence electrons. The first-order valence-corrected chi connectivity index (χ1v) is 4.20. The molecule has 0 aliphatic heterocycles. The van der Waals surface area contributed by atoms with Crippen LogP contribution < -0.4 is 16.1 Å². The number of guanidine groups is 1. The van der Waals surface area contributed by atoms with Gasteiger partial charge in [0.1, 0.15) is 0 Å². The lowest BCUT2D eigenvalue weighted by Gasteiger charge is -2.01. The SMILES string of the molecule is N=C(N)NPc1ccccc1. The van der Waals surface area contributed by atoms with Gasteiger partial charge in [0.15, 0.2) is 5.96 Å². The summed E-state index contributed by atoms with van der Waals surface area (Å²) >= 11 is 0. The average molecular weight is 167 g/mol. The van der Waals surface area contributed by atoms with Gasteiger partial charge in [-0.1, -0.05) is 30.3 Å². The van der Waals surface area contributed by atoms with E-state index in [4.69, 9.17) is 11.1 Å². The van der Waals surface area contributed by atoms with Crippen LogP contribution in [-0.2, 0) is 0 Å². The highest BCUT2D eigenvalue weighted by atomic mass is 31.1. The first kappa shape index (κ1) is 8.02. The van der Waals surface area contributed by atoms with Gasteiger partial charge >= 0.3 is 0 Å². The molecular weight excluding hydrogens is 157 g/mol. The maximum atomic E-state index is 6.92. The zero-order valence-corrected chi connectivity index (χ0v) is 6.96. The summed E-state index contributed by atoms with van der Waals surface area (Å²) in [7, 11) is 0.385. The second kappa shape index (κ2) is 3.94. The Balaban J connectivity index is 2.45. The van der Waals surface area contributed by atoms with Crippen molar-refractivity contribution >= 4 is 20.0 Å². The molecule has 0 aromatic heterocycles. The molecular formula is C7H10N3P. The number of hydrogen-bond donors (Lipinski definition) is 3. The molecule has 1 rings (SSSR count). The Hall–Kier alpha value is -1.08. The van der Waals surface area contributed by atoms with Crippen LogP contribution in [0.25, 0.3) is 0 Å². The fourth-order valence-corrected chi connectivity index (χ4v) is 1.30. The van der Waals surface area contributed by atoms with Gasteiger partial charge in [-0.05, 0) is 5.30 Å². The maximum absolute atomic E-state index is 6.92. The van der Waals surface area contributed by atoms with Crippen LogP contribution in [0.4, 0.5) is 0 Å². The molecule has 3 nitrogen and oxygen atoms in total. The largest absolute Gasteiger partial charge is 0.370 e. The predicted molar refractivity (Wildman–Crippen MR) is 49.4 cm³/mol. The van der Waals surface area contributed by atoms with Gasteiger partial charge in [-0.3, -0.25) is 5.41 Å². The van der Waals surface area contributed by atoms with Crippen LogP contribution in [0.3, 0.4) is 0 Å². The zero-order chi connectivity index (χ0) is 8.10. The molecule has 0 fully saturated rings. The molecule has 4 heteroatoms. The van der Waals surface area contributed by atoms with Gasteiger partial charge in [-0.25, -0.2) is 0 Å². The van der Waals surface area contributed by atoms with Crippen molar-refractivity contribution in [1.82, 2.24) is 5.09 Å². The zero-order valence-electron chi connectivity index (χ0n) is 5.96. The summed E-state index contributed by atoms with van der Waals surface area (Å²) in [4.78, 5) is 0. The van der Waals surface area contributed by atoms with Gasteiger partial charge in [0, 0.05) is 8.73 Å². The monoisotopic (exact) mass is 167 g/mol. The van der Waals surface area contributed by atoms with Gasteiger partial charge < -0.3 is 10.8 Å². The fraction of sp³-hybridized carbons (Fsp3) is 0. The van der Waals surface area contributed by atoms with Crippen LogP contribution >= 0.6 is 8.73 Å². The molecule has 1 aromatic carbocycles. The van der Waals surface area contributed by atoms with E-state index in [1.807, 2.05) is 30.3 Å². The van der Waals surface area contributed by atoms with Crippen LogP contribution in [0, 0.1) is 5.41 Å². The molecule has 0 radical (unpaired) electrons. The summed E-state index contributed by atoms with van der Waals surface area (Å²) < 4.78 is 0. The number of benzene rings is 1. The number of nitrogens with one attached hydrogen (secondary N) is 2. The van der Waals surface area contributed by atoms with Crippen LogP contribution in [0.2, 0.25) is 0 Å². The summed E-state index contributed by atoms with van der Waals surface area (Å²) in [5.41, 5.74) is 5.12. The highest BCUT2D eigenvalue weighted by molar-refractivity contribution is 7.45. The molecule has 0 heterocycles. The predicted octanol–water partition coefficient (Wildman–Crippen LogP) is 0.388. The first-order chi connectivity index (χ1) is 5.29. The molecule has 0 saturated carbocycles. The number of hydrogen-bond acceptors (Lipinski definition) is 1. The maximum Gasteiger partial charge on any atom is 0.189 e. The van der Waals surface area contributed by atoms with Crippen molar-refractivity contribution in [1.29, 1.82) is 5.41 Å². The van der Waals surface area contributed by atoms with Gasteiger partial charge in [-0.2, -0.15) is 0 Å². The van der Waals surface area contributed by atoms with Crippen LogP contribution in [-0.4, -0.2) is 5.96 Å². The molecule has 1 unspecified atom stereocenters. The molecule has 1 atom stereocenters. The standard InChI is InChI=1S/C7H10N3P/c8-7(9)10-11-6-4-2-1-3-5-6/h1-5,11H,(H4,8,9,10). The lowest BCUT2D eigenvalue weighted by atomic mass is 10.4. The second-order valence-electron chi connectivity index (χ2n) is 2.03. The third-order valence-corrected chi connectivity index (χ3v) is 2.13. The number of nitrogens with two attached hydrogens (primary N) is 1. The minimum absolute atomic E-state index is 0.0205. The minimum atomic E-state index is 0.0205. The third kappa shape index (κ3) is 3.01. The Morgan fingerprint density at radius 1 is 1.36 bits per heavy atom. The van der Waals surface area contributed by atoms with Crippen LogP contribution in [0.15, 0.2) is 30.3 Å². The van der Waals surface area contributed by atoms with E-state index in [1.165, 1.54) is 0 Å². The first-order valence-electron chi connectivity index (χ1n) is 3.20. The van der Waals surface area contributed by atoms with Crippen molar-refractivity contribution < 1.29 is 0 Å². The summed E-state index contributed by atoms with van der Waals surface area (Å²) in [6.45, 7) is 0. The normalized spacial score (nSPS) is 10.2. The second-order valence-corrected chi connectivity index (χ2v) is 3.11. The lowest BCUT2D eigenvalue weighted by molar-refractivity contribution is 1.32. The fourth-order valence-electron chi connectivity index (χ4n) is 0.661. The van der Waals surface area contributed by atoms with E-state index in [-0.39, 0.29) is 5.96 Å². The van der Waals surface area contributed by atoms with Gasteiger partial charge in [0.2, 0.25) is 0 Å². The van der Waals surface area contributed by atoms with E-state index in [9.17, 15) is 0 Å². The highest BCUT2D eigenvalue weighted by Crippen LogP contribution is 2.01. The van der Waals surface area contributed by atoms with Crippen molar-refractivity contribution in [3.05, 3.63) is 30.3 Å². The van der Waals surface area contributed by atoms with Crippen molar-refractivity contribution in [2.24, 2.45) is 5.73 Å². The van der Waals surface area contributed by atoms with Gasteiger partial charge in [-0.15, -0.1) is 0 Å². The van der Waals surface area contributed by atoms with Crippen LogP contribution in [0.1, 0.15) is 0 Å². The molecule has 0 amide bonds. The molecule has 4 N–H and O–H groups in total. The van der Waals surface area contributed by atoms with Crippen molar-refractivity contribution in [2.45, 2.75) is 0 Å². The smallest absolute Gasteiger partial charge is 0.189 e. The van der Waals surface area contributed by atoms with E-state index < -0.39 is 0 Å². The quantitative estimate of drug-likeness (QED) is 0.339. The topological polar surface area (TPSA) is 61.9 Å². The molecule has 0 saturated heterocycles. The molecule has 0 spiro atoms.